The van der Waals surface area contributed by atoms with E-state index in [0.29, 0.717) is 6.61 Å². The van der Waals surface area contributed by atoms with E-state index in [1.807, 2.05) is 4.52 Å². The molecular weight excluding hydrogens is 462 g/mol. The molecule has 8 heteroatoms. The van der Waals surface area contributed by atoms with Gasteiger partial charge in [-0.1, -0.05) is 26.5 Å². The first kappa shape index (κ1) is 25.4. The fourth-order valence-electron chi connectivity index (χ4n) is 5.51. The highest BCUT2D eigenvalue weighted by molar-refractivity contribution is 5.69. The lowest BCUT2D eigenvalue weighted by molar-refractivity contribution is 0.302. The molecule has 2 atom stereocenters. The van der Waals surface area contributed by atoms with E-state index in [1.54, 1.807) is 0 Å². The molecular formula is C29H41N7O. The second-order valence-electron chi connectivity index (χ2n) is 10.4. The Balaban J connectivity index is 1.60. The number of rotatable bonds is 3. The number of ether oxygens (including phenoxy) is 1. The lowest BCUT2D eigenvalue weighted by atomic mass is 10.0. The molecule has 2 unspecified atom stereocenters. The van der Waals surface area contributed by atoms with Crippen molar-refractivity contribution in [1.29, 1.82) is 0 Å². The van der Waals surface area contributed by atoms with Crippen molar-refractivity contribution >= 4 is 23.0 Å². The van der Waals surface area contributed by atoms with E-state index >= 15 is 0 Å². The van der Waals surface area contributed by atoms with Crippen molar-refractivity contribution in [2.24, 2.45) is 5.73 Å². The smallest absolute Gasteiger partial charge is 0.160 e. The Hall–Kier alpha value is -3.26. The Morgan fingerprint density at radius 2 is 1.95 bits per heavy atom. The van der Waals surface area contributed by atoms with Crippen molar-refractivity contribution in [2.75, 3.05) is 50.1 Å². The van der Waals surface area contributed by atoms with Gasteiger partial charge >= 0.3 is 0 Å². The summed E-state index contributed by atoms with van der Waals surface area (Å²) in [5.41, 5.74) is 11.4. The van der Waals surface area contributed by atoms with Crippen LogP contribution in [0.4, 0.5) is 11.6 Å². The van der Waals surface area contributed by atoms with Crippen molar-refractivity contribution < 1.29 is 4.74 Å². The van der Waals surface area contributed by atoms with Crippen LogP contribution in [-0.2, 0) is 6.42 Å². The van der Waals surface area contributed by atoms with Crippen LogP contribution >= 0.6 is 0 Å². The van der Waals surface area contributed by atoms with E-state index in [-0.39, 0.29) is 12.1 Å². The summed E-state index contributed by atoms with van der Waals surface area (Å²) in [6.07, 6.45) is 4.83. The minimum Gasteiger partial charge on any atom is -0.493 e. The van der Waals surface area contributed by atoms with Crippen molar-refractivity contribution in [3.8, 4) is 5.75 Å². The zero-order valence-corrected chi connectivity index (χ0v) is 22.8. The summed E-state index contributed by atoms with van der Waals surface area (Å²) in [5, 5.41) is 5.12. The third-order valence-corrected chi connectivity index (χ3v) is 7.88. The van der Waals surface area contributed by atoms with E-state index in [9.17, 15) is 0 Å². The number of nitrogens with zero attached hydrogens (tertiary/aromatic N) is 6. The molecule has 2 aliphatic heterocycles. The Labute approximate surface area is 220 Å². The summed E-state index contributed by atoms with van der Waals surface area (Å²) >= 11 is 0. The fraction of sp³-hybridized carbons (Fsp3) is 0.517. The number of fused-ring (bicyclic) bond motifs is 2. The van der Waals surface area contributed by atoms with Gasteiger partial charge in [0.05, 0.1) is 18.3 Å². The average molecular weight is 504 g/mol. The topological polar surface area (TPSA) is 75.2 Å². The van der Waals surface area contributed by atoms with Gasteiger partial charge in [0.25, 0.3) is 0 Å². The van der Waals surface area contributed by atoms with Gasteiger partial charge in [0.15, 0.2) is 5.65 Å². The minimum absolute atomic E-state index is 0.0549. The van der Waals surface area contributed by atoms with Gasteiger partial charge in [-0.05, 0) is 49.8 Å². The summed E-state index contributed by atoms with van der Waals surface area (Å²) < 4.78 is 8.32. The van der Waals surface area contributed by atoms with Gasteiger partial charge in [0.1, 0.15) is 17.4 Å². The predicted molar refractivity (Wildman–Crippen MR) is 151 cm³/mol. The molecule has 1 saturated heterocycles. The maximum absolute atomic E-state index is 6.31. The average Bonchev–Trinajstić information content (AvgIpc) is 3.53. The van der Waals surface area contributed by atoms with Crippen LogP contribution in [0.5, 0.6) is 5.75 Å². The SMILES string of the molecule is C=C1c2cc(CC)ccc2OCCCCN(C)c2cc(N3CCC(N)C3)nc3cc(nn23)C(CC)N1C. The summed E-state index contributed by atoms with van der Waals surface area (Å²) in [5.74, 6) is 2.93. The molecule has 2 N–H and O–H groups in total. The van der Waals surface area contributed by atoms with Gasteiger partial charge in [0.2, 0.25) is 0 Å². The van der Waals surface area contributed by atoms with Gasteiger partial charge in [-0.15, -0.1) is 0 Å². The lowest BCUT2D eigenvalue weighted by Gasteiger charge is -2.30. The lowest BCUT2D eigenvalue weighted by Crippen LogP contribution is -2.28. The fourth-order valence-corrected chi connectivity index (χ4v) is 5.51. The van der Waals surface area contributed by atoms with Gasteiger partial charge in [-0.25, -0.2) is 4.98 Å². The number of nitrogens with two attached hydrogens (primary N) is 1. The summed E-state index contributed by atoms with van der Waals surface area (Å²) in [6, 6.07) is 11.0. The number of hydrogen-bond donors (Lipinski definition) is 1. The van der Waals surface area contributed by atoms with Crippen LogP contribution in [0.2, 0.25) is 0 Å². The molecule has 0 spiro atoms. The summed E-state index contributed by atoms with van der Waals surface area (Å²) in [6.45, 7) is 12.3. The molecule has 37 heavy (non-hydrogen) atoms. The van der Waals surface area contributed by atoms with Crippen LogP contribution in [0.3, 0.4) is 0 Å². The highest BCUT2D eigenvalue weighted by atomic mass is 16.5. The standard InChI is InChI=1S/C29H41N7O/c1-6-21-10-11-26-23(16-21)20(3)34(5)25(7-2)24-17-28-31-27(35-14-12-22(30)19-35)18-29(36(28)32-24)33(4)13-8-9-15-37-26/h10-11,16-18,22,25H,3,6-9,12-15,19,30H2,1-2,4-5H3. The van der Waals surface area contributed by atoms with Crippen LogP contribution < -0.4 is 20.3 Å². The third-order valence-electron chi connectivity index (χ3n) is 7.88. The second-order valence-corrected chi connectivity index (χ2v) is 10.4. The molecule has 4 heterocycles. The zero-order valence-electron chi connectivity index (χ0n) is 22.8. The van der Waals surface area contributed by atoms with Crippen LogP contribution in [0.15, 0.2) is 36.9 Å². The normalized spacial score (nSPS) is 21.2. The first-order chi connectivity index (χ1) is 17.9. The Morgan fingerprint density at radius 3 is 2.68 bits per heavy atom. The summed E-state index contributed by atoms with van der Waals surface area (Å²) in [7, 11) is 4.25. The van der Waals surface area contributed by atoms with Gasteiger partial charge in [-0.2, -0.15) is 9.61 Å². The van der Waals surface area contributed by atoms with Crippen LogP contribution in [0, 0.1) is 0 Å². The minimum atomic E-state index is 0.0549. The molecule has 1 fully saturated rings. The van der Waals surface area contributed by atoms with Crippen molar-refractivity contribution in [3.05, 3.63) is 53.7 Å². The van der Waals surface area contributed by atoms with Gasteiger partial charge in [-0.3, -0.25) is 0 Å². The maximum Gasteiger partial charge on any atom is 0.160 e. The first-order valence-corrected chi connectivity index (χ1v) is 13.7. The monoisotopic (exact) mass is 503 g/mol. The second kappa shape index (κ2) is 10.6. The molecule has 2 aliphatic rings. The largest absolute Gasteiger partial charge is 0.493 e. The molecule has 0 radical (unpaired) electrons. The quantitative estimate of drug-likeness (QED) is 0.564. The Kier molecular flexibility index (Phi) is 7.29. The van der Waals surface area contributed by atoms with Gasteiger partial charge in [0, 0.05) is 63.2 Å². The third kappa shape index (κ3) is 4.99. The van der Waals surface area contributed by atoms with E-state index in [0.717, 1.165) is 91.7 Å². The molecule has 3 aromatic rings. The van der Waals surface area contributed by atoms with E-state index < -0.39 is 0 Å². The predicted octanol–water partition coefficient (Wildman–Crippen LogP) is 4.49. The number of aromatic nitrogens is 3. The molecule has 5 rings (SSSR count). The molecule has 0 saturated carbocycles. The Morgan fingerprint density at radius 1 is 1.11 bits per heavy atom. The number of aryl methyl sites for hydroxylation is 1. The molecule has 0 amide bonds. The van der Waals surface area contributed by atoms with Crippen molar-refractivity contribution in [1.82, 2.24) is 19.5 Å². The van der Waals surface area contributed by atoms with Crippen LogP contribution in [-0.4, -0.2) is 65.9 Å². The highest BCUT2D eigenvalue weighted by Gasteiger charge is 2.26. The van der Waals surface area contributed by atoms with Crippen LogP contribution in [0.1, 0.15) is 62.4 Å². The number of anilines is 2. The maximum atomic E-state index is 6.31. The molecule has 2 bridgehead atoms. The molecule has 0 aliphatic carbocycles. The summed E-state index contributed by atoms with van der Waals surface area (Å²) in [4.78, 5) is 11.9. The number of benzene rings is 1. The van der Waals surface area contributed by atoms with E-state index in [2.05, 4.69) is 79.6 Å². The zero-order chi connectivity index (χ0) is 26.1. The first-order valence-electron chi connectivity index (χ1n) is 13.7. The van der Waals surface area contributed by atoms with Gasteiger partial charge < -0.3 is 25.2 Å². The molecule has 8 nitrogen and oxygen atoms in total. The molecule has 198 valence electrons. The van der Waals surface area contributed by atoms with Crippen LogP contribution in [0.25, 0.3) is 11.3 Å². The van der Waals surface area contributed by atoms with E-state index in [4.69, 9.17) is 20.6 Å². The van der Waals surface area contributed by atoms with Crippen molar-refractivity contribution in [3.63, 3.8) is 0 Å². The van der Waals surface area contributed by atoms with E-state index in [1.165, 1.54) is 5.56 Å². The molecule has 1 aromatic carbocycles. The van der Waals surface area contributed by atoms with Crippen molar-refractivity contribution in [2.45, 2.75) is 58.0 Å². The number of hydrogen-bond acceptors (Lipinski definition) is 7. The molecule has 2 aromatic heterocycles. The Bertz CT molecular complexity index is 1270. The highest BCUT2D eigenvalue weighted by Crippen LogP contribution is 2.35.